The number of ether oxygens (including phenoxy) is 1. The fraction of sp³-hybridized carbons (Fsp3) is 0.263. The van der Waals surface area contributed by atoms with Crippen molar-refractivity contribution in [2.45, 2.75) is 32.4 Å². The number of carbonyl (C=O) groups excluding carboxylic acids is 2. The monoisotopic (exact) mass is 311 g/mol. The van der Waals surface area contributed by atoms with Gasteiger partial charge >= 0.3 is 6.09 Å². The van der Waals surface area contributed by atoms with Crippen LogP contribution in [0.1, 0.15) is 23.6 Å². The largest absolute Gasteiger partial charge is 0.445 e. The Labute approximate surface area is 136 Å². The first-order valence-corrected chi connectivity index (χ1v) is 7.66. The summed E-state index contributed by atoms with van der Waals surface area (Å²) in [6.45, 7) is 2.20. The van der Waals surface area contributed by atoms with Crippen LogP contribution in [0.15, 0.2) is 54.6 Å². The maximum atomic E-state index is 11.8. The fourth-order valence-electron chi connectivity index (χ4n) is 2.28. The van der Waals surface area contributed by atoms with Gasteiger partial charge in [-0.1, -0.05) is 54.6 Å². The van der Waals surface area contributed by atoms with Crippen molar-refractivity contribution in [2.75, 3.05) is 0 Å². The molecule has 2 rings (SSSR count). The third kappa shape index (κ3) is 5.94. The molecule has 120 valence electrons. The highest BCUT2D eigenvalue weighted by Crippen LogP contribution is 2.07. The molecule has 4 heteroatoms. The van der Waals surface area contributed by atoms with E-state index in [-0.39, 0.29) is 12.6 Å². The number of amides is 1. The van der Waals surface area contributed by atoms with Crippen molar-refractivity contribution in [3.8, 4) is 0 Å². The Morgan fingerprint density at radius 1 is 1.04 bits per heavy atom. The van der Waals surface area contributed by atoms with Crippen LogP contribution < -0.4 is 5.32 Å². The van der Waals surface area contributed by atoms with Crippen molar-refractivity contribution in [1.29, 1.82) is 0 Å². The zero-order valence-corrected chi connectivity index (χ0v) is 13.2. The molecule has 4 nitrogen and oxygen atoms in total. The standard InChI is InChI=1S/C19H21NO3/c1-15(13-17-9-7-16(8-10-17)11-12-21)20-19(22)23-14-18-5-3-2-4-6-18/h2-10,12,15H,11,13-14H2,1H3,(H,20,22). The van der Waals surface area contributed by atoms with Crippen molar-refractivity contribution in [1.82, 2.24) is 5.32 Å². The first-order valence-electron chi connectivity index (χ1n) is 7.66. The van der Waals surface area contributed by atoms with Crippen LogP contribution >= 0.6 is 0 Å². The van der Waals surface area contributed by atoms with E-state index in [1.807, 2.05) is 61.5 Å². The van der Waals surface area contributed by atoms with Gasteiger partial charge in [0.05, 0.1) is 0 Å². The van der Waals surface area contributed by atoms with Gasteiger partial charge in [-0.25, -0.2) is 4.79 Å². The molecule has 2 aromatic rings. The van der Waals surface area contributed by atoms with Crippen LogP contribution in [0.25, 0.3) is 0 Å². The van der Waals surface area contributed by atoms with Gasteiger partial charge in [0.2, 0.25) is 0 Å². The highest BCUT2D eigenvalue weighted by molar-refractivity contribution is 5.67. The quantitative estimate of drug-likeness (QED) is 0.798. The molecule has 1 unspecified atom stereocenters. The van der Waals surface area contributed by atoms with E-state index in [1.165, 1.54) is 0 Å². The number of carbonyl (C=O) groups is 2. The Morgan fingerprint density at radius 2 is 1.70 bits per heavy atom. The molecule has 0 heterocycles. The zero-order chi connectivity index (χ0) is 16.5. The molecule has 1 amide bonds. The first-order chi connectivity index (χ1) is 11.2. The summed E-state index contributed by atoms with van der Waals surface area (Å²) in [5.74, 6) is 0. The van der Waals surface area contributed by atoms with E-state index in [0.717, 1.165) is 23.0 Å². The van der Waals surface area contributed by atoms with Crippen molar-refractivity contribution >= 4 is 12.4 Å². The number of rotatable bonds is 7. The molecule has 0 spiro atoms. The number of aldehydes is 1. The van der Waals surface area contributed by atoms with E-state index in [1.54, 1.807) is 0 Å². The molecule has 2 aromatic carbocycles. The smallest absolute Gasteiger partial charge is 0.407 e. The first kappa shape index (κ1) is 16.7. The number of benzene rings is 2. The van der Waals surface area contributed by atoms with E-state index in [9.17, 15) is 9.59 Å². The summed E-state index contributed by atoms with van der Waals surface area (Å²) in [5, 5.41) is 2.82. The van der Waals surface area contributed by atoms with Crippen LogP contribution in [0.5, 0.6) is 0 Å². The van der Waals surface area contributed by atoms with Crippen LogP contribution in [-0.2, 0) is 29.0 Å². The molecule has 1 atom stereocenters. The predicted molar refractivity (Wildman–Crippen MR) is 89.1 cm³/mol. The second kappa shape index (κ2) is 8.73. The van der Waals surface area contributed by atoms with Gasteiger partial charge in [0.15, 0.2) is 0 Å². The van der Waals surface area contributed by atoms with E-state index in [4.69, 9.17) is 4.74 Å². The van der Waals surface area contributed by atoms with Gasteiger partial charge in [-0.05, 0) is 30.0 Å². The number of nitrogens with one attached hydrogen (secondary N) is 1. The zero-order valence-electron chi connectivity index (χ0n) is 13.2. The second-order valence-electron chi connectivity index (χ2n) is 5.50. The van der Waals surface area contributed by atoms with Crippen LogP contribution in [0, 0.1) is 0 Å². The molecule has 0 radical (unpaired) electrons. The molecule has 1 N–H and O–H groups in total. The number of hydrogen-bond acceptors (Lipinski definition) is 3. The third-order valence-corrected chi connectivity index (χ3v) is 3.46. The lowest BCUT2D eigenvalue weighted by atomic mass is 10.0. The van der Waals surface area contributed by atoms with Gasteiger partial charge in [0.1, 0.15) is 12.9 Å². The molecule has 0 saturated heterocycles. The summed E-state index contributed by atoms with van der Waals surface area (Å²) in [6.07, 6.45) is 1.61. The summed E-state index contributed by atoms with van der Waals surface area (Å²) in [6, 6.07) is 17.4. The summed E-state index contributed by atoms with van der Waals surface area (Å²) in [7, 11) is 0. The molecular weight excluding hydrogens is 290 g/mol. The molecule has 0 aliphatic rings. The summed E-state index contributed by atoms with van der Waals surface area (Å²) >= 11 is 0. The Hall–Kier alpha value is -2.62. The van der Waals surface area contributed by atoms with Crippen molar-refractivity contribution < 1.29 is 14.3 Å². The molecule has 0 aliphatic heterocycles. The molecule has 0 aromatic heterocycles. The maximum absolute atomic E-state index is 11.8. The minimum absolute atomic E-state index is 0.0322. The van der Waals surface area contributed by atoms with Gasteiger partial charge in [0.25, 0.3) is 0 Å². The Morgan fingerprint density at radius 3 is 2.35 bits per heavy atom. The van der Waals surface area contributed by atoms with E-state index in [2.05, 4.69) is 5.32 Å². The van der Waals surface area contributed by atoms with Gasteiger partial charge in [-0.15, -0.1) is 0 Å². The van der Waals surface area contributed by atoms with Gasteiger partial charge in [-0.2, -0.15) is 0 Å². The second-order valence-corrected chi connectivity index (χ2v) is 5.50. The van der Waals surface area contributed by atoms with E-state index < -0.39 is 6.09 Å². The third-order valence-electron chi connectivity index (χ3n) is 3.46. The lowest BCUT2D eigenvalue weighted by Crippen LogP contribution is -2.34. The van der Waals surface area contributed by atoms with Crippen LogP contribution in [-0.4, -0.2) is 18.4 Å². The highest BCUT2D eigenvalue weighted by atomic mass is 16.5. The Balaban J connectivity index is 1.76. The molecular formula is C19H21NO3. The lowest BCUT2D eigenvalue weighted by molar-refractivity contribution is -0.107. The Kier molecular flexibility index (Phi) is 6.36. The number of hydrogen-bond donors (Lipinski definition) is 1. The van der Waals surface area contributed by atoms with Gasteiger partial charge in [-0.3, -0.25) is 0 Å². The lowest BCUT2D eigenvalue weighted by Gasteiger charge is -2.14. The van der Waals surface area contributed by atoms with E-state index in [0.29, 0.717) is 12.8 Å². The van der Waals surface area contributed by atoms with Crippen LogP contribution in [0.2, 0.25) is 0 Å². The van der Waals surface area contributed by atoms with E-state index >= 15 is 0 Å². The van der Waals surface area contributed by atoms with Crippen LogP contribution in [0.4, 0.5) is 4.79 Å². The maximum Gasteiger partial charge on any atom is 0.407 e. The SMILES string of the molecule is CC(Cc1ccc(CC=O)cc1)NC(=O)OCc1ccccc1. The fourth-order valence-corrected chi connectivity index (χ4v) is 2.28. The minimum Gasteiger partial charge on any atom is -0.445 e. The van der Waals surface area contributed by atoms with Crippen molar-refractivity contribution in [3.63, 3.8) is 0 Å². The highest BCUT2D eigenvalue weighted by Gasteiger charge is 2.09. The molecule has 0 bridgehead atoms. The molecule has 0 saturated carbocycles. The normalized spacial score (nSPS) is 11.5. The van der Waals surface area contributed by atoms with Crippen LogP contribution in [0.3, 0.4) is 0 Å². The summed E-state index contributed by atoms with van der Waals surface area (Å²) in [4.78, 5) is 22.2. The molecule has 23 heavy (non-hydrogen) atoms. The van der Waals surface area contributed by atoms with Crippen molar-refractivity contribution in [2.24, 2.45) is 0 Å². The number of alkyl carbamates (subject to hydrolysis) is 1. The molecule has 0 aliphatic carbocycles. The minimum atomic E-state index is -0.418. The Bertz CT molecular complexity index is 623. The average molecular weight is 311 g/mol. The predicted octanol–water partition coefficient (Wildman–Crippen LogP) is 3.29. The summed E-state index contributed by atoms with van der Waals surface area (Å²) in [5.41, 5.74) is 3.06. The summed E-state index contributed by atoms with van der Waals surface area (Å²) < 4.78 is 5.20. The average Bonchev–Trinajstić information content (AvgIpc) is 2.56. The molecule has 0 fully saturated rings. The topological polar surface area (TPSA) is 55.4 Å². The van der Waals surface area contributed by atoms with Crippen molar-refractivity contribution in [3.05, 3.63) is 71.3 Å². The van der Waals surface area contributed by atoms with Gasteiger partial charge in [0, 0.05) is 12.5 Å². The van der Waals surface area contributed by atoms with Gasteiger partial charge < -0.3 is 14.8 Å².